The Labute approximate surface area is 159 Å². The molecule has 0 N–H and O–H groups in total. The van der Waals surface area contributed by atoms with Gasteiger partial charge in [0.05, 0.1) is 10.8 Å². The van der Waals surface area contributed by atoms with E-state index in [1.807, 2.05) is 12.1 Å². The normalized spacial score (nSPS) is 10.7. The molecule has 5 nitrogen and oxygen atoms in total. The summed E-state index contributed by atoms with van der Waals surface area (Å²) in [7, 11) is 1.79. The van der Waals surface area contributed by atoms with Gasteiger partial charge in [-0.3, -0.25) is 4.79 Å². The number of rotatable bonds is 7. The van der Waals surface area contributed by atoms with Crippen LogP contribution in [-0.2, 0) is 13.7 Å². The van der Waals surface area contributed by atoms with E-state index < -0.39 is 5.82 Å². The lowest BCUT2D eigenvalue weighted by atomic mass is 10.1. The number of carbonyl (C=O) groups is 1. The summed E-state index contributed by atoms with van der Waals surface area (Å²) in [6.45, 7) is 0.200. The zero-order chi connectivity index (χ0) is 18.5. The number of ketones is 1. The fraction of sp³-hybridized carbons (Fsp3) is 0.167. The van der Waals surface area contributed by atoms with Crippen LogP contribution in [0.15, 0.2) is 53.7 Å². The molecule has 26 heavy (non-hydrogen) atoms. The number of para-hydroxylation sites is 1. The SMILES string of the molecule is Cn1c(COc2ccccc2Cl)nnc1SCC(=O)c1cccc(F)c1. The summed E-state index contributed by atoms with van der Waals surface area (Å²) in [5.74, 6) is 0.698. The number of thioether (sulfide) groups is 1. The van der Waals surface area contributed by atoms with E-state index in [9.17, 15) is 9.18 Å². The maximum Gasteiger partial charge on any atom is 0.191 e. The lowest BCUT2D eigenvalue weighted by molar-refractivity contribution is 0.102. The van der Waals surface area contributed by atoms with Crippen molar-refractivity contribution < 1.29 is 13.9 Å². The second kappa shape index (κ2) is 8.33. The highest BCUT2D eigenvalue weighted by molar-refractivity contribution is 7.99. The van der Waals surface area contributed by atoms with Crippen LogP contribution in [0, 0.1) is 5.82 Å². The van der Waals surface area contributed by atoms with Crippen molar-refractivity contribution in [2.24, 2.45) is 7.05 Å². The van der Waals surface area contributed by atoms with E-state index in [0.717, 1.165) is 0 Å². The number of halogens is 2. The Morgan fingerprint density at radius 2 is 2.04 bits per heavy atom. The molecule has 0 aliphatic carbocycles. The maximum absolute atomic E-state index is 13.2. The molecule has 8 heteroatoms. The summed E-state index contributed by atoms with van der Waals surface area (Å²) in [6.07, 6.45) is 0. The molecule has 0 fully saturated rings. The van der Waals surface area contributed by atoms with E-state index >= 15 is 0 Å². The standard InChI is InChI=1S/C18H15ClFN3O2S/c1-23-17(10-25-16-8-3-2-7-14(16)19)21-22-18(23)26-11-15(24)12-5-4-6-13(20)9-12/h2-9H,10-11H2,1H3. The van der Waals surface area contributed by atoms with Crippen molar-refractivity contribution in [2.45, 2.75) is 11.8 Å². The van der Waals surface area contributed by atoms with E-state index in [0.29, 0.717) is 27.3 Å². The molecule has 0 spiro atoms. The number of ether oxygens (including phenoxy) is 1. The third-order valence-electron chi connectivity index (χ3n) is 3.60. The first-order chi connectivity index (χ1) is 12.5. The molecule has 0 amide bonds. The van der Waals surface area contributed by atoms with Crippen LogP contribution in [-0.4, -0.2) is 26.3 Å². The molecule has 0 saturated carbocycles. The lowest BCUT2D eigenvalue weighted by Crippen LogP contribution is -2.06. The summed E-state index contributed by atoms with van der Waals surface area (Å²) in [6, 6.07) is 12.8. The first kappa shape index (κ1) is 18.4. The number of hydrogen-bond donors (Lipinski definition) is 0. The predicted octanol–water partition coefficient (Wildman–Crippen LogP) is 4.16. The monoisotopic (exact) mass is 391 g/mol. The Balaban J connectivity index is 1.60. The van der Waals surface area contributed by atoms with Crippen LogP contribution in [0.25, 0.3) is 0 Å². The minimum Gasteiger partial charge on any atom is -0.484 e. The van der Waals surface area contributed by atoms with Crippen LogP contribution in [0.5, 0.6) is 5.75 Å². The zero-order valence-electron chi connectivity index (χ0n) is 13.9. The molecule has 0 radical (unpaired) electrons. The minimum absolute atomic E-state index is 0.140. The summed E-state index contributed by atoms with van der Waals surface area (Å²) in [5.41, 5.74) is 0.335. The highest BCUT2D eigenvalue weighted by Crippen LogP contribution is 2.24. The number of benzene rings is 2. The summed E-state index contributed by atoms with van der Waals surface area (Å²) >= 11 is 7.29. The molecule has 0 unspecified atom stereocenters. The van der Waals surface area contributed by atoms with Crippen LogP contribution in [0.3, 0.4) is 0 Å². The van der Waals surface area contributed by atoms with Gasteiger partial charge in [-0.2, -0.15) is 0 Å². The van der Waals surface area contributed by atoms with Gasteiger partial charge in [-0.1, -0.05) is 47.6 Å². The van der Waals surface area contributed by atoms with Crippen molar-refractivity contribution in [1.82, 2.24) is 14.8 Å². The highest BCUT2D eigenvalue weighted by Gasteiger charge is 2.14. The van der Waals surface area contributed by atoms with Crippen molar-refractivity contribution in [1.29, 1.82) is 0 Å². The lowest BCUT2D eigenvalue weighted by Gasteiger charge is -2.07. The largest absolute Gasteiger partial charge is 0.484 e. The number of nitrogens with zero attached hydrogens (tertiary/aromatic N) is 3. The third-order valence-corrected chi connectivity index (χ3v) is 4.93. The maximum atomic E-state index is 13.2. The van der Waals surface area contributed by atoms with Gasteiger partial charge in [0.25, 0.3) is 0 Å². The Hall–Kier alpha value is -2.38. The average molecular weight is 392 g/mol. The molecule has 3 rings (SSSR count). The fourth-order valence-corrected chi connectivity index (χ4v) is 3.19. The molecular weight excluding hydrogens is 377 g/mol. The number of Topliss-reactive ketones (excluding diaryl/α,β-unsaturated/α-hetero) is 1. The quantitative estimate of drug-likeness (QED) is 0.447. The van der Waals surface area contributed by atoms with Gasteiger partial charge in [0.15, 0.2) is 16.8 Å². The number of carbonyl (C=O) groups excluding carboxylic acids is 1. The zero-order valence-corrected chi connectivity index (χ0v) is 15.4. The van der Waals surface area contributed by atoms with Crippen molar-refractivity contribution >= 4 is 29.1 Å². The van der Waals surface area contributed by atoms with Gasteiger partial charge in [0.1, 0.15) is 18.2 Å². The van der Waals surface area contributed by atoms with Gasteiger partial charge in [0.2, 0.25) is 0 Å². The van der Waals surface area contributed by atoms with Crippen molar-refractivity contribution in [3.63, 3.8) is 0 Å². The first-order valence-electron chi connectivity index (χ1n) is 7.72. The molecule has 2 aromatic carbocycles. The molecule has 1 heterocycles. The number of hydrogen-bond acceptors (Lipinski definition) is 5. The van der Waals surface area contributed by atoms with Crippen LogP contribution in [0.4, 0.5) is 4.39 Å². The van der Waals surface area contributed by atoms with Gasteiger partial charge in [-0.25, -0.2) is 4.39 Å². The van der Waals surface area contributed by atoms with E-state index in [1.165, 1.54) is 30.0 Å². The predicted molar refractivity (Wildman–Crippen MR) is 98.2 cm³/mol. The summed E-state index contributed by atoms with van der Waals surface area (Å²) < 4.78 is 20.6. The molecule has 0 bridgehead atoms. The molecule has 0 atom stereocenters. The topological polar surface area (TPSA) is 57.0 Å². The first-order valence-corrected chi connectivity index (χ1v) is 9.08. The van der Waals surface area contributed by atoms with Crippen LogP contribution < -0.4 is 4.74 Å². The molecular formula is C18H15ClFN3O2S. The Morgan fingerprint density at radius 3 is 2.81 bits per heavy atom. The molecule has 0 aliphatic heterocycles. The smallest absolute Gasteiger partial charge is 0.191 e. The van der Waals surface area contributed by atoms with E-state index in [-0.39, 0.29) is 18.1 Å². The van der Waals surface area contributed by atoms with Gasteiger partial charge in [-0.15, -0.1) is 10.2 Å². The van der Waals surface area contributed by atoms with Gasteiger partial charge in [-0.05, 0) is 24.3 Å². The van der Waals surface area contributed by atoms with Crippen LogP contribution >= 0.6 is 23.4 Å². The van der Waals surface area contributed by atoms with Crippen LogP contribution in [0.2, 0.25) is 5.02 Å². The van der Waals surface area contributed by atoms with Gasteiger partial charge in [0, 0.05) is 12.6 Å². The molecule has 1 aromatic heterocycles. The number of aromatic nitrogens is 3. The summed E-state index contributed by atoms with van der Waals surface area (Å²) in [5, 5.41) is 9.24. The van der Waals surface area contributed by atoms with Gasteiger partial charge < -0.3 is 9.30 Å². The Bertz CT molecular complexity index is 932. The molecule has 3 aromatic rings. The van der Waals surface area contributed by atoms with E-state index in [4.69, 9.17) is 16.3 Å². The van der Waals surface area contributed by atoms with Crippen LogP contribution in [0.1, 0.15) is 16.2 Å². The fourth-order valence-electron chi connectivity index (χ4n) is 2.18. The van der Waals surface area contributed by atoms with Crippen molar-refractivity contribution in [2.75, 3.05) is 5.75 Å². The Morgan fingerprint density at radius 1 is 1.23 bits per heavy atom. The molecule has 0 aliphatic rings. The second-order valence-corrected chi connectivity index (χ2v) is 6.75. The van der Waals surface area contributed by atoms with E-state index in [1.54, 1.807) is 29.8 Å². The molecule has 134 valence electrons. The Kier molecular flexibility index (Phi) is 5.90. The van der Waals surface area contributed by atoms with Crippen molar-refractivity contribution in [3.05, 3.63) is 70.8 Å². The van der Waals surface area contributed by atoms with Crippen molar-refractivity contribution in [3.8, 4) is 5.75 Å². The second-order valence-electron chi connectivity index (χ2n) is 5.40. The minimum atomic E-state index is -0.432. The summed E-state index contributed by atoms with van der Waals surface area (Å²) in [4.78, 5) is 12.2. The highest BCUT2D eigenvalue weighted by atomic mass is 35.5. The molecule has 0 saturated heterocycles. The average Bonchev–Trinajstić information content (AvgIpc) is 2.99. The van der Waals surface area contributed by atoms with E-state index in [2.05, 4.69) is 10.2 Å². The van der Waals surface area contributed by atoms with Gasteiger partial charge >= 0.3 is 0 Å². The third kappa shape index (κ3) is 4.42.